The number of aromatic nitrogens is 4. The SMILES string of the molecule is O=C(O)c1ccc2c(c1)[nH]c(=O)n2Cc1ncon1. The lowest BCUT2D eigenvalue weighted by Crippen LogP contribution is -2.17. The molecule has 2 aromatic heterocycles. The van der Waals surface area contributed by atoms with E-state index in [1.54, 1.807) is 6.07 Å². The highest BCUT2D eigenvalue weighted by Crippen LogP contribution is 2.13. The second kappa shape index (κ2) is 4.09. The number of imidazole rings is 1. The Balaban J connectivity index is 2.12. The monoisotopic (exact) mass is 260 g/mol. The van der Waals surface area contributed by atoms with E-state index in [-0.39, 0.29) is 17.8 Å². The molecule has 0 saturated heterocycles. The molecule has 0 atom stereocenters. The van der Waals surface area contributed by atoms with Crippen molar-refractivity contribution in [1.29, 1.82) is 0 Å². The molecule has 2 heterocycles. The van der Waals surface area contributed by atoms with Crippen LogP contribution in [-0.4, -0.2) is 30.8 Å². The van der Waals surface area contributed by atoms with Crippen molar-refractivity contribution >= 4 is 17.0 Å². The predicted octanol–water partition coefficient (Wildman–Crippen LogP) is 0.459. The lowest BCUT2D eigenvalue weighted by Gasteiger charge is -1.99. The number of aromatic amines is 1. The highest BCUT2D eigenvalue weighted by molar-refractivity contribution is 5.92. The van der Waals surface area contributed by atoms with E-state index in [2.05, 4.69) is 19.6 Å². The molecule has 0 aliphatic heterocycles. The average Bonchev–Trinajstić information content (AvgIpc) is 2.98. The fourth-order valence-corrected chi connectivity index (χ4v) is 1.86. The number of benzene rings is 1. The van der Waals surface area contributed by atoms with Crippen molar-refractivity contribution in [2.45, 2.75) is 6.54 Å². The highest BCUT2D eigenvalue weighted by Gasteiger charge is 2.11. The summed E-state index contributed by atoms with van der Waals surface area (Å²) in [5, 5.41) is 12.5. The number of nitrogens with one attached hydrogen (secondary N) is 1. The summed E-state index contributed by atoms with van der Waals surface area (Å²) < 4.78 is 6.01. The predicted molar refractivity (Wildman–Crippen MR) is 62.9 cm³/mol. The van der Waals surface area contributed by atoms with Gasteiger partial charge in [-0.1, -0.05) is 5.16 Å². The van der Waals surface area contributed by atoms with Crippen molar-refractivity contribution in [1.82, 2.24) is 19.7 Å². The zero-order chi connectivity index (χ0) is 13.4. The molecule has 0 spiro atoms. The van der Waals surface area contributed by atoms with Gasteiger partial charge in [0.2, 0.25) is 6.39 Å². The maximum atomic E-state index is 11.8. The number of carbonyl (C=O) groups is 1. The molecule has 96 valence electrons. The molecule has 3 aromatic rings. The third kappa shape index (κ3) is 1.88. The summed E-state index contributed by atoms with van der Waals surface area (Å²) >= 11 is 0. The van der Waals surface area contributed by atoms with Gasteiger partial charge in [-0.2, -0.15) is 4.98 Å². The standard InChI is InChI=1S/C11H8N4O4/c16-10(17)6-1-2-8-7(3-6)13-11(18)15(8)4-9-12-5-19-14-9/h1-3,5H,4H2,(H,13,18)(H,16,17). The Morgan fingerprint density at radius 1 is 1.47 bits per heavy atom. The molecular formula is C11H8N4O4. The van der Waals surface area contributed by atoms with E-state index >= 15 is 0 Å². The Labute approximate surface area is 105 Å². The van der Waals surface area contributed by atoms with E-state index in [4.69, 9.17) is 5.11 Å². The van der Waals surface area contributed by atoms with Crippen molar-refractivity contribution in [2.75, 3.05) is 0 Å². The van der Waals surface area contributed by atoms with Crippen molar-refractivity contribution in [3.63, 3.8) is 0 Å². The largest absolute Gasteiger partial charge is 0.478 e. The van der Waals surface area contributed by atoms with Crippen LogP contribution >= 0.6 is 0 Å². The molecule has 0 fully saturated rings. The van der Waals surface area contributed by atoms with Gasteiger partial charge in [-0.25, -0.2) is 9.59 Å². The molecule has 0 aliphatic rings. The maximum absolute atomic E-state index is 11.8. The molecule has 0 unspecified atom stereocenters. The Morgan fingerprint density at radius 2 is 2.32 bits per heavy atom. The van der Waals surface area contributed by atoms with Crippen LogP contribution in [0.25, 0.3) is 11.0 Å². The van der Waals surface area contributed by atoms with Gasteiger partial charge in [0.05, 0.1) is 23.1 Å². The van der Waals surface area contributed by atoms with Crippen molar-refractivity contribution in [2.24, 2.45) is 0 Å². The Hall–Kier alpha value is -2.90. The van der Waals surface area contributed by atoms with Crippen LogP contribution in [0.3, 0.4) is 0 Å². The molecule has 2 N–H and O–H groups in total. The molecule has 0 amide bonds. The van der Waals surface area contributed by atoms with Gasteiger partial charge in [-0.3, -0.25) is 4.57 Å². The van der Waals surface area contributed by atoms with Crippen LogP contribution in [0.2, 0.25) is 0 Å². The van der Waals surface area contributed by atoms with E-state index in [0.717, 1.165) is 0 Å². The first-order valence-corrected chi connectivity index (χ1v) is 5.36. The number of hydrogen-bond acceptors (Lipinski definition) is 5. The molecule has 8 heteroatoms. The van der Waals surface area contributed by atoms with Gasteiger partial charge in [0, 0.05) is 0 Å². The number of carboxylic acid groups (broad SMARTS) is 1. The topological polar surface area (TPSA) is 114 Å². The number of hydrogen-bond donors (Lipinski definition) is 2. The second-order valence-electron chi connectivity index (χ2n) is 3.90. The summed E-state index contributed by atoms with van der Waals surface area (Å²) in [6.45, 7) is 0.155. The van der Waals surface area contributed by atoms with Crippen LogP contribution < -0.4 is 5.69 Å². The quantitative estimate of drug-likeness (QED) is 0.707. The third-order valence-corrected chi connectivity index (χ3v) is 2.73. The van der Waals surface area contributed by atoms with Gasteiger partial charge >= 0.3 is 11.7 Å². The number of nitrogens with zero attached hydrogens (tertiary/aromatic N) is 3. The summed E-state index contributed by atoms with van der Waals surface area (Å²) in [6, 6.07) is 4.41. The molecule has 0 aliphatic carbocycles. The zero-order valence-electron chi connectivity index (χ0n) is 9.53. The Morgan fingerprint density at radius 3 is 3.00 bits per heavy atom. The lowest BCUT2D eigenvalue weighted by molar-refractivity contribution is 0.0697. The molecule has 8 nitrogen and oxygen atoms in total. The minimum atomic E-state index is -1.05. The summed E-state index contributed by atoms with van der Waals surface area (Å²) in [4.78, 5) is 29.1. The summed E-state index contributed by atoms with van der Waals surface area (Å²) in [6.07, 6.45) is 1.18. The summed E-state index contributed by atoms with van der Waals surface area (Å²) in [7, 11) is 0. The van der Waals surface area contributed by atoms with Crippen LogP contribution in [-0.2, 0) is 6.54 Å². The van der Waals surface area contributed by atoms with Crippen LogP contribution in [0.4, 0.5) is 0 Å². The number of aromatic carboxylic acids is 1. The van der Waals surface area contributed by atoms with Crippen molar-refractivity contribution in [3.05, 3.63) is 46.5 Å². The fourth-order valence-electron chi connectivity index (χ4n) is 1.86. The molecule has 0 bridgehead atoms. The zero-order valence-corrected chi connectivity index (χ0v) is 9.53. The Bertz CT molecular complexity index is 800. The molecule has 0 saturated carbocycles. The Kier molecular flexibility index (Phi) is 2.41. The molecular weight excluding hydrogens is 252 g/mol. The maximum Gasteiger partial charge on any atom is 0.335 e. The van der Waals surface area contributed by atoms with Crippen LogP contribution in [0.15, 0.2) is 33.9 Å². The first-order chi connectivity index (χ1) is 9.15. The minimum absolute atomic E-state index is 0.112. The van der Waals surface area contributed by atoms with Crippen LogP contribution in [0.1, 0.15) is 16.2 Å². The lowest BCUT2D eigenvalue weighted by atomic mass is 10.2. The highest BCUT2D eigenvalue weighted by atomic mass is 16.5. The number of fused-ring (bicyclic) bond motifs is 1. The minimum Gasteiger partial charge on any atom is -0.478 e. The van der Waals surface area contributed by atoms with Crippen LogP contribution in [0.5, 0.6) is 0 Å². The van der Waals surface area contributed by atoms with Gasteiger partial charge < -0.3 is 14.6 Å². The molecule has 0 radical (unpaired) electrons. The second-order valence-corrected chi connectivity index (χ2v) is 3.90. The first-order valence-electron chi connectivity index (χ1n) is 5.36. The average molecular weight is 260 g/mol. The summed E-state index contributed by atoms with van der Waals surface area (Å²) in [5.74, 6) is -0.682. The number of H-pyrrole nitrogens is 1. The smallest absolute Gasteiger partial charge is 0.335 e. The van der Waals surface area contributed by atoms with Gasteiger partial charge in [0.25, 0.3) is 0 Å². The van der Waals surface area contributed by atoms with Crippen LogP contribution in [0, 0.1) is 0 Å². The third-order valence-electron chi connectivity index (χ3n) is 2.73. The van der Waals surface area contributed by atoms with E-state index in [1.807, 2.05) is 0 Å². The summed E-state index contributed by atoms with van der Waals surface area (Å²) in [5.41, 5.74) is 0.788. The number of rotatable bonds is 3. The van der Waals surface area contributed by atoms with Gasteiger partial charge in [0.15, 0.2) is 5.82 Å². The molecule has 19 heavy (non-hydrogen) atoms. The van der Waals surface area contributed by atoms with Crippen molar-refractivity contribution < 1.29 is 14.4 Å². The van der Waals surface area contributed by atoms with Gasteiger partial charge in [-0.05, 0) is 18.2 Å². The number of carboxylic acids is 1. The normalized spacial score (nSPS) is 10.9. The van der Waals surface area contributed by atoms with Crippen molar-refractivity contribution in [3.8, 4) is 0 Å². The van der Waals surface area contributed by atoms with Gasteiger partial charge in [0.1, 0.15) is 0 Å². The molecule has 3 rings (SSSR count). The fraction of sp³-hybridized carbons (Fsp3) is 0.0909. The molecule has 1 aromatic carbocycles. The van der Waals surface area contributed by atoms with E-state index in [9.17, 15) is 9.59 Å². The van der Waals surface area contributed by atoms with E-state index < -0.39 is 5.97 Å². The van der Waals surface area contributed by atoms with Gasteiger partial charge in [-0.15, -0.1) is 0 Å². The van der Waals surface area contributed by atoms with E-state index in [0.29, 0.717) is 16.9 Å². The van der Waals surface area contributed by atoms with E-state index in [1.165, 1.54) is 23.1 Å². The first kappa shape index (κ1) is 11.2.